The van der Waals surface area contributed by atoms with E-state index in [4.69, 9.17) is 23.2 Å². The molecule has 0 aromatic heterocycles. The first-order valence-electron chi connectivity index (χ1n) is 10.4. The molecule has 2 aromatic carbocycles. The number of halogens is 2. The lowest BCUT2D eigenvalue weighted by Gasteiger charge is -2.35. The fraction of sp³-hybridized carbons (Fsp3) is 0.318. The minimum absolute atomic E-state index is 0.0552. The van der Waals surface area contributed by atoms with Crippen molar-refractivity contribution in [1.29, 1.82) is 0 Å². The van der Waals surface area contributed by atoms with Crippen LogP contribution in [0.4, 0.5) is 5.69 Å². The molecular formula is C22H22Cl2N4O4S. The molecule has 0 saturated carbocycles. The van der Waals surface area contributed by atoms with Crippen LogP contribution in [0.25, 0.3) is 0 Å². The number of amides is 2. The van der Waals surface area contributed by atoms with Crippen molar-refractivity contribution < 1.29 is 18.0 Å². The average Bonchev–Trinajstić information content (AvgIpc) is 2.81. The van der Waals surface area contributed by atoms with Gasteiger partial charge >= 0.3 is 0 Å². The van der Waals surface area contributed by atoms with Crippen LogP contribution >= 0.6 is 23.2 Å². The van der Waals surface area contributed by atoms with Gasteiger partial charge in [-0.3, -0.25) is 9.59 Å². The number of carbonyl (C=O) groups excluding carboxylic acids is 2. The molecule has 2 aliphatic rings. The molecule has 33 heavy (non-hydrogen) atoms. The van der Waals surface area contributed by atoms with Crippen molar-refractivity contribution in [2.45, 2.75) is 24.7 Å². The van der Waals surface area contributed by atoms with E-state index < -0.39 is 10.0 Å². The average molecular weight is 509 g/mol. The monoisotopic (exact) mass is 508 g/mol. The van der Waals surface area contributed by atoms with Crippen molar-refractivity contribution >= 4 is 56.4 Å². The third-order valence-corrected chi connectivity index (χ3v) is 8.21. The van der Waals surface area contributed by atoms with Crippen molar-refractivity contribution in [3.05, 3.63) is 58.1 Å². The van der Waals surface area contributed by atoms with Gasteiger partial charge in [-0.05, 0) is 37.3 Å². The zero-order chi connectivity index (χ0) is 23.8. The highest BCUT2D eigenvalue weighted by molar-refractivity contribution is 7.89. The van der Waals surface area contributed by atoms with E-state index in [1.54, 1.807) is 17.0 Å². The maximum Gasteiger partial charge on any atom is 0.270 e. The molecule has 174 valence electrons. The minimum Gasteiger partial charge on any atom is -0.335 e. The van der Waals surface area contributed by atoms with Gasteiger partial charge in [0.05, 0.1) is 10.7 Å². The number of rotatable bonds is 4. The van der Waals surface area contributed by atoms with Crippen LogP contribution in [-0.4, -0.2) is 61.3 Å². The molecule has 0 unspecified atom stereocenters. The molecule has 2 aromatic rings. The third-order valence-electron chi connectivity index (χ3n) is 5.59. The van der Waals surface area contributed by atoms with Crippen LogP contribution in [0.5, 0.6) is 0 Å². The van der Waals surface area contributed by atoms with E-state index in [-0.39, 0.29) is 71.5 Å². The molecule has 11 heteroatoms. The van der Waals surface area contributed by atoms with Crippen molar-refractivity contribution in [1.82, 2.24) is 9.21 Å². The molecule has 0 spiro atoms. The van der Waals surface area contributed by atoms with Crippen LogP contribution in [0.3, 0.4) is 0 Å². The summed E-state index contributed by atoms with van der Waals surface area (Å²) in [4.78, 5) is 26.9. The predicted molar refractivity (Wildman–Crippen MR) is 127 cm³/mol. The maximum atomic E-state index is 13.1. The topological polar surface area (TPSA) is 90.4 Å². The Morgan fingerprint density at radius 3 is 2.30 bits per heavy atom. The number of sulfonamides is 1. The zero-order valence-electron chi connectivity index (χ0n) is 17.9. The Morgan fingerprint density at radius 2 is 1.64 bits per heavy atom. The molecule has 0 atom stereocenters. The summed E-state index contributed by atoms with van der Waals surface area (Å²) in [6.45, 7) is 2.58. The molecule has 0 N–H and O–H groups in total. The van der Waals surface area contributed by atoms with Crippen LogP contribution in [-0.2, 0) is 19.6 Å². The fourth-order valence-corrected chi connectivity index (χ4v) is 5.88. The number of benzene rings is 2. The van der Waals surface area contributed by atoms with E-state index in [0.29, 0.717) is 5.69 Å². The summed E-state index contributed by atoms with van der Waals surface area (Å²) in [5.41, 5.74) is 1.93. The highest BCUT2D eigenvalue weighted by Crippen LogP contribution is 2.28. The van der Waals surface area contributed by atoms with E-state index in [1.165, 1.54) is 27.5 Å². The second-order valence-corrected chi connectivity index (χ2v) is 10.6. The molecule has 2 aliphatic heterocycles. The number of anilines is 1. The normalized spacial score (nSPS) is 17.8. The maximum absolute atomic E-state index is 13.1. The van der Waals surface area contributed by atoms with Gasteiger partial charge in [0.1, 0.15) is 10.6 Å². The lowest BCUT2D eigenvalue weighted by molar-refractivity contribution is -0.125. The number of carbonyl (C=O) groups is 2. The van der Waals surface area contributed by atoms with E-state index >= 15 is 0 Å². The summed E-state index contributed by atoms with van der Waals surface area (Å²) in [5.74, 6) is -0.470. The van der Waals surface area contributed by atoms with Gasteiger partial charge in [-0.15, -0.1) is 0 Å². The summed E-state index contributed by atoms with van der Waals surface area (Å²) < 4.78 is 27.3. The summed E-state index contributed by atoms with van der Waals surface area (Å²) in [5, 5.41) is 5.95. The number of hydrogen-bond acceptors (Lipinski definition) is 5. The Labute approximate surface area is 202 Å². The molecule has 1 fully saturated rings. The third kappa shape index (κ3) is 4.91. The number of aryl methyl sites for hydroxylation is 1. The van der Waals surface area contributed by atoms with E-state index in [0.717, 1.165) is 5.56 Å². The second kappa shape index (κ2) is 9.42. The van der Waals surface area contributed by atoms with Gasteiger partial charge < -0.3 is 4.90 Å². The smallest absolute Gasteiger partial charge is 0.270 e. The first kappa shape index (κ1) is 23.7. The van der Waals surface area contributed by atoms with E-state index in [9.17, 15) is 18.0 Å². The summed E-state index contributed by atoms with van der Waals surface area (Å²) in [6, 6.07) is 11.6. The summed E-state index contributed by atoms with van der Waals surface area (Å²) >= 11 is 12.0. The Balaban J connectivity index is 1.47. The Morgan fingerprint density at radius 1 is 0.970 bits per heavy atom. The molecule has 4 rings (SSSR count). The molecule has 0 aliphatic carbocycles. The van der Waals surface area contributed by atoms with Crippen LogP contribution in [0.1, 0.15) is 18.4 Å². The molecule has 0 radical (unpaired) electrons. The Hall–Kier alpha value is -2.46. The standard InChI is InChI=1S/C22H22Cl2N4O4S/c1-15-2-5-17(6-3-15)28-21(29)9-8-19(25-28)22(30)26-10-12-27(13-11-26)33(31,32)20-14-16(23)4-7-18(20)24/h2-7,14H,8-13H2,1H3. The molecule has 0 bridgehead atoms. The van der Waals surface area contributed by atoms with Crippen molar-refractivity contribution in [2.24, 2.45) is 5.10 Å². The summed E-state index contributed by atoms with van der Waals surface area (Å²) in [7, 11) is -3.85. The SMILES string of the molecule is Cc1ccc(N2N=C(C(=O)N3CCN(S(=O)(=O)c4cc(Cl)ccc4Cl)CC3)CCC2=O)cc1. The van der Waals surface area contributed by atoms with Crippen molar-refractivity contribution in [2.75, 3.05) is 31.2 Å². The lowest BCUT2D eigenvalue weighted by atomic mass is 10.1. The van der Waals surface area contributed by atoms with Gasteiger partial charge in [-0.1, -0.05) is 40.9 Å². The van der Waals surface area contributed by atoms with Gasteiger partial charge in [0.2, 0.25) is 15.9 Å². The number of nitrogens with zero attached hydrogens (tertiary/aromatic N) is 4. The van der Waals surface area contributed by atoms with Gasteiger partial charge in [-0.25, -0.2) is 13.4 Å². The minimum atomic E-state index is -3.85. The predicted octanol–water partition coefficient (Wildman–Crippen LogP) is 3.32. The van der Waals surface area contributed by atoms with Gasteiger partial charge in [0, 0.05) is 44.0 Å². The van der Waals surface area contributed by atoms with Crippen molar-refractivity contribution in [3.8, 4) is 0 Å². The molecule has 2 amide bonds. The lowest BCUT2D eigenvalue weighted by Crippen LogP contribution is -2.52. The molecular weight excluding hydrogens is 487 g/mol. The summed E-state index contributed by atoms with van der Waals surface area (Å²) in [6.07, 6.45) is 0.427. The van der Waals surface area contributed by atoms with Gasteiger partial charge in [-0.2, -0.15) is 9.41 Å². The quantitative estimate of drug-likeness (QED) is 0.633. The van der Waals surface area contributed by atoms with Crippen LogP contribution in [0.2, 0.25) is 10.0 Å². The largest absolute Gasteiger partial charge is 0.335 e. The Bertz CT molecular complexity index is 1220. The number of piperazine rings is 1. The van der Waals surface area contributed by atoms with Gasteiger partial charge in [0.25, 0.3) is 5.91 Å². The highest BCUT2D eigenvalue weighted by atomic mass is 35.5. The van der Waals surface area contributed by atoms with E-state index in [2.05, 4.69) is 5.10 Å². The first-order valence-corrected chi connectivity index (χ1v) is 12.6. The number of hydrogen-bond donors (Lipinski definition) is 0. The van der Waals surface area contributed by atoms with E-state index in [1.807, 2.05) is 19.1 Å². The second-order valence-electron chi connectivity index (χ2n) is 7.86. The molecule has 1 saturated heterocycles. The van der Waals surface area contributed by atoms with Crippen LogP contribution in [0.15, 0.2) is 52.5 Å². The van der Waals surface area contributed by atoms with Crippen LogP contribution in [0, 0.1) is 6.92 Å². The van der Waals surface area contributed by atoms with Crippen LogP contribution < -0.4 is 5.01 Å². The fourth-order valence-electron chi connectivity index (χ4n) is 3.72. The molecule has 2 heterocycles. The first-order chi connectivity index (χ1) is 15.7. The Kier molecular flexibility index (Phi) is 6.76. The zero-order valence-corrected chi connectivity index (χ0v) is 20.2. The van der Waals surface area contributed by atoms with Crippen molar-refractivity contribution in [3.63, 3.8) is 0 Å². The number of hydrazone groups is 1. The molecule has 8 nitrogen and oxygen atoms in total. The highest BCUT2D eigenvalue weighted by Gasteiger charge is 2.34. The van der Waals surface area contributed by atoms with Gasteiger partial charge in [0.15, 0.2) is 0 Å².